The lowest BCUT2D eigenvalue weighted by molar-refractivity contribution is -0.139. The molecule has 0 heterocycles. The largest absolute Gasteiger partial charge is 0.354 e. The zero-order valence-electron chi connectivity index (χ0n) is 20.1. The fraction of sp³-hybridized carbons (Fsp3) is 0.286. The van der Waals surface area contributed by atoms with Crippen LogP contribution in [0.1, 0.15) is 30.0 Å². The number of amides is 2. The number of carbonyl (C=O) groups excluding carboxylic acids is 2. The number of hydrogen-bond acceptors (Lipinski definition) is 3. The van der Waals surface area contributed by atoms with Crippen LogP contribution in [0.25, 0.3) is 0 Å². The van der Waals surface area contributed by atoms with E-state index in [9.17, 15) is 9.59 Å². The van der Waals surface area contributed by atoms with Gasteiger partial charge in [0.05, 0.1) is 5.75 Å². The van der Waals surface area contributed by atoms with E-state index in [1.54, 1.807) is 23.1 Å². The third-order valence-corrected chi connectivity index (χ3v) is 7.80. The molecule has 4 nitrogen and oxygen atoms in total. The van der Waals surface area contributed by atoms with Crippen LogP contribution in [-0.2, 0) is 28.3 Å². The van der Waals surface area contributed by atoms with Gasteiger partial charge < -0.3 is 10.2 Å². The molecule has 0 saturated heterocycles. The standard InChI is InChI=1S/C28H29BrCl2N2O2S/c1-2-15-32-28(35)26(16-20-7-4-3-5-8-20)33(17-21-11-13-22(29)14-12-21)27(34)19-36-18-23-24(30)9-6-10-25(23)31/h3-14,26H,2,15-19H2,1H3,(H,32,35)/t26-/m0/s1. The zero-order chi connectivity index (χ0) is 25.9. The summed E-state index contributed by atoms with van der Waals surface area (Å²) in [5.74, 6) is 0.440. The molecule has 0 aliphatic heterocycles. The van der Waals surface area contributed by atoms with E-state index in [0.717, 1.165) is 27.6 Å². The Bertz CT molecular complexity index is 1130. The third-order valence-electron chi connectivity index (χ3n) is 5.62. The van der Waals surface area contributed by atoms with Gasteiger partial charge in [-0.2, -0.15) is 0 Å². The maximum atomic E-state index is 13.6. The second kappa shape index (κ2) is 14.7. The number of thioether (sulfide) groups is 1. The number of benzene rings is 3. The summed E-state index contributed by atoms with van der Waals surface area (Å²) >= 11 is 17.5. The monoisotopic (exact) mass is 606 g/mol. The summed E-state index contributed by atoms with van der Waals surface area (Å²) in [5, 5.41) is 4.16. The highest BCUT2D eigenvalue weighted by Gasteiger charge is 2.30. The lowest BCUT2D eigenvalue weighted by Crippen LogP contribution is -2.51. The Kier molecular flexibility index (Phi) is 11.6. The van der Waals surface area contributed by atoms with Crippen LogP contribution >= 0.6 is 50.9 Å². The molecule has 3 aromatic rings. The van der Waals surface area contributed by atoms with Crippen molar-refractivity contribution < 1.29 is 9.59 Å². The van der Waals surface area contributed by atoms with Crippen molar-refractivity contribution >= 4 is 62.7 Å². The van der Waals surface area contributed by atoms with Crippen LogP contribution in [0.15, 0.2) is 77.3 Å². The van der Waals surface area contributed by atoms with E-state index < -0.39 is 6.04 Å². The van der Waals surface area contributed by atoms with Crippen molar-refractivity contribution in [3.05, 3.63) is 104 Å². The summed E-state index contributed by atoms with van der Waals surface area (Å²) in [5.41, 5.74) is 2.75. The van der Waals surface area contributed by atoms with Crippen LogP contribution in [0.4, 0.5) is 0 Å². The maximum Gasteiger partial charge on any atom is 0.243 e. The minimum Gasteiger partial charge on any atom is -0.354 e. The molecule has 0 aliphatic rings. The Balaban J connectivity index is 1.84. The number of nitrogens with one attached hydrogen (secondary N) is 1. The first kappa shape index (κ1) is 28.6. The van der Waals surface area contributed by atoms with E-state index in [-0.39, 0.29) is 17.6 Å². The van der Waals surface area contributed by atoms with Crippen LogP contribution in [-0.4, -0.2) is 35.1 Å². The fourth-order valence-corrected chi connectivity index (χ4v) is 5.61. The molecule has 1 atom stereocenters. The molecule has 0 fully saturated rings. The second-order valence-electron chi connectivity index (χ2n) is 8.34. The van der Waals surface area contributed by atoms with Crippen molar-refractivity contribution in [1.29, 1.82) is 0 Å². The van der Waals surface area contributed by atoms with Crippen LogP contribution in [0.2, 0.25) is 10.0 Å². The van der Waals surface area contributed by atoms with Gasteiger partial charge >= 0.3 is 0 Å². The van der Waals surface area contributed by atoms with Gasteiger partial charge in [-0.25, -0.2) is 0 Å². The SMILES string of the molecule is CCCNC(=O)[C@H](Cc1ccccc1)N(Cc1ccc(Br)cc1)C(=O)CSCc1c(Cl)cccc1Cl. The molecule has 0 unspecified atom stereocenters. The predicted molar refractivity (Wildman–Crippen MR) is 155 cm³/mol. The van der Waals surface area contributed by atoms with Crippen LogP contribution in [0.3, 0.4) is 0 Å². The summed E-state index contributed by atoms with van der Waals surface area (Å²) in [6.45, 7) is 2.90. The average Bonchev–Trinajstić information content (AvgIpc) is 2.88. The normalized spacial score (nSPS) is 11.7. The van der Waals surface area contributed by atoms with Crippen molar-refractivity contribution in [1.82, 2.24) is 10.2 Å². The van der Waals surface area contributed by atoms with Gasteiger partial charge in [0.2, 0.25) is 11.8 Å². The zero-order valence-corrected chi connectivity index (χ0v) is 24.0. The second-order valence-corrected chi connectivity index (χ2v) is 11.1. The maximum absolute atomic E-state index is 13.6. The Labute approximate surface area is 235 Å². The molecule has 3 aromatic carbocycles. The first-order valence-electron chi connectivity index (χ1n) is 11.7. The Morgan fingerprint density at radius 3 is 2.25 bits per heavy atom. The summed E-state index contributed by atoms with van der Waals surface area (Å²) in [4.78, 5) is 28.7. The van der Waals surface area contributed by atoms with Crippen LogP contribution in [0.5, 0.6) is 0 Å². The van der Waals surface area contributed by atoms with E-state index in [1.165, 1.54) is 11.8 Å². The third kappa shape index (κ3) is 8.55. The lowest BCUT2D eigenvalue weighted by atomic mass is 10.0. The van der Waals surface area contributed by atoms with E-state index in [4.69, 9.17) is 23.2 Å². The predicted octanol–water partition coefficient (Wildman–Crippen LogP) is 7.16. The van der Waals surface area contributed by atoms with Crippen molar-refractivity contribution in [3.8, 4) is 0 Å². The lowest BCUT2D eigenvalue weighted by Gasteiger charge is -2.31. The van der Waals surface area contributed by atoms with Gasteiger partial charge in [0.15, 0.2) is 0 Å². The number of carbonyl (C=O) groups is 2. The molecule has 2 amide bonds. The van der Waals surface area contributed by atoms with Gasteiger partial charge in [-0.05, 0) is 47.4 Å². The molecule has 0 aromatic heterocycles. The van der Waals surface area contributed by atoms with Crippen molar-refractivity contribution in [3.63, 3.8) is 0 Å². The number of halogens is 3. The Hall–Kier alpha value is -1.99. The van der Waals surface area contributed by atoms with Gasteiger partial charge in [0.1, 0.15) is 6.04 Å². The molecule has 0 bridgehead atoms. The van der Waals surface area contributed by atoms with Crippen molar-refractivity contribution in [2.75, 3.05) is 12.3 Å². The molecule has 3 rings (SSSR count). The topological polar surface area (TPSA) is 49.4 Å². The van der Waals surface area contributed by atoms with Gasteiger partial charge in [-0.3, -0.25) is 9.59 Å². The summed E-state index contributed by atoms with van der Waals surface area (Å²) in [7, 11) is 0. The molecule has 0 radical (unpaired) electrons. The van der Waals surface area contributed by atoms with E-state index in [2.05, 4.69) is 21.2 Å². The molecule has 190 valence electrons. The smallest absolute Gasteiger partial charge is 0.243 e. The highest BCUT2D eigenvalue weighted by Crippen LogP contribution is 2.28. The molecular weight excluding hydrogens is 579 g/mol. The molecule has 0 spiro atoms. The first-order chi connectivity index (χ1) is 17.4. The summed E-state index contributed by atoms with van der Waals surface area (Å²) in [6.07, 6.45) is 1.25. The van der Waals surface area contributed by atoms with Crippen LogP contribution < -0.4 is 5.32 Å². The fourth-order valence-electron chi connectivity index (χ4n) is 3.70. The van der Waals surface area contributed by atoms with E-state index in [1.807, 2.05) is 61.5 Å². The molecule has 1 N–H and O–H groups in total. The Morgan fingerprint density at radius 2 is 1.61 bits per heavy atom. The molecular formula is C28H29BrCl2N2O2S. The van der Waals surface area contributed by atoms with Crippen molar-refractivity contribution in [2.24, 2.45) is 0 Å². The first-order valence-corrected chi connectivity index (χ1v) is 14.5. The summed E-state index contributed by atoms with van der Waals surface area (Å²) < 4.78 is 0.956. The molecule has 36 heavy (non-hydrogen) atoms. The Morgan fingerprint density at radius 1 is 0.944 bits per heavy atom. The van der Waals surface area contributed by atoms with Crippen LogP contribution in [0, 0.1) is 0 Å². The van der Waals surface area contributed by atoms with E-state index >= 15 is 0 Å². The van der Waals surface area contributed by atoms with Gasteiger partial charge in [0.25, 0.3) is 0 Å². The van der Waals surface area contributed by atoms with Gasteiger partial charge in [-0.15, -0.1) is 11.8 Å². The number of rotatable bonds is 12. The van der Waals surface area contributed by atoms with E-state index in [0.29, 0.717) is 35.3 Å². The minimum atomic E-state index is -0.639. The molecule has 0 aliphatic carbocycles. The highest BCUT2D eigenvalue weighted by atomic mass is 79.9. The van der Waals surface area contributed by atoms with Gasteiger partial charge in [-0.1, -0.05) is 94.6 Å². The number of nitrogens with zero attached hydrogens (tertiary/aromatic N) is 1. The molecule has 0 saturated carbocycles. The average molecular weight is 608 g/mol. The minimum absolute atomic E-state index is 0.112. The summed E-state index contributed by atoms with van der Waals surface area (Å²) in [6, 6.07) is 22.3. The quantitative estimate of drug-likeness (QED) is 0.238. The van der Waals surface area contributed by atoms with Gasteiger partial charge in [0, 0.05) is 39.8 Å². The number of hydrogen-bond donors (Lipinski definition) is 1. The van der Waals surface area contributed by atoms with Crippen molar-refractivity contribution in [2.45, 2.75) is 38.1 Å². The highest BCUT2D eigenvalue weighted by molar-refractivity contribution is 9.10. The molecule has 8 heteroatoms.